The van der Waals surface area contributed by atoms with Crippen LogP contribution in [0.5, 0.6) is 5.75 Å². The maximum absolute atomic E-state index is 13.0. The summed E-state index contributed by atoms with van der Waals surface area (Å²) in [7, 11) is 1.79. The van der Waals surface area contributed by atoms with Crippen molar-refractivity contribution in [3.8, 4) is 5.75 Å². The van der Waals surface area contributed by atoms with Gasteiger partial charge in [0.1, 0.15) is 24.0 Å². The number of benzene rings is 1. The van der Waals surface area contributed by atoms with E-state index in [1.165, 1.54) is 12.1 Å². The van der Waals surface area contributed by atoms with Crippen LogP contribution in [0.25, 0.3) is 0 Å². The first-order valence-corrected chi connectivity index (χ1v) is 5.58. The zero-order valence-electron chi connectivity index (χ0n) is 10.3. The molecule has 0 amide bonds. The summed E-state index contributed by atoms with van der Waals surface area (Å²) < 4.78 is 18.4. The fraction of sp³-hybridized carbons (Fsp3) is 0.231. The highest BCUT2D eigenvalue weighted by atomic mass is 19.1. The molecule has 2 rings (SSSR count). The summed E-state index contributed by atoms with van der Waals surface area (Å²) in [6.45, 7) is 2.09. The number of nitrogens with one attached hydrogen (secondary N) is 1. The van der Waals surface area contributed by atoms with E-state index in [1.54, 1.807) is 19.2 Å². The highest BCUT2D eigenvalue weighted by molar-refractivity contribution is 5.34. The molecular formula is C13H14FN3O. The molecule has 0 aliphatic rings. The van der Waals surface area contributed by atoms with Gasteiger partial charge >= 0.3 is 0 Å². The third-order valence-electron chi connectivity index (χ3n) is 2.32. The molecule has 0 saturated carbocycles. The van der Waals surface area contributed by atoms with E-state index in [2.05, 4.69) is 15.3 Å². The van der Waals surface area contributed by atoms with Gasteiger partial charge in [-0.25, -0.2) is 14.4 Å². The molecule has 0 spiro atoms. The van der Waals surface area contributed by atoms with Crippen LogP contribution in [-0.2, 0) is 6.61 Å². The zero-order valence-corrected chi connectivity index (χ0v) is 10.3. The standard InChI is InChI=1S/C13H14FN3O/c1-9-6-12(15-2)17-13(16-9)8-18-11-5-3-4-10(14)7-11/h3-7H,8H2,1-2H3,(H,15,16,17). The van der Waals surface area contributed by atoms with Crippen LogP contribution < -0.4 is 10.1 Å². The van der Waals surface area contributed by atoms with Crippen LogP contribution in [0.15, 0.2) is 30.3 Å². The summed E-state index contributed by atoms with van der Waals surface area (Å²) in [5.41, 5.74) is 0.854. The summed E-state index contributed by atoms with van der Waals surface area (Å²) in [5.74, 6) is 1.43. The number of aromatic nitrogens is 2. The number of halogens is 1. The van der Waals surface area contributed by atoms with Gasteiger partial charge in [0, 0.05) is 24.9 Å². The molecule has 0 radical (unpaired) electrons. The Labute approximate surface area is 105 Å². The normalized spacial score (nSPS) is 10.2. The Balaban J connectivity index is 2.08. The van der Waals surface area contributed by atoms with Gasteiger partial charge < -0.3 is 10.1 Å². The van der Waals surface area contributed by atoms with Crippen molar-refractivity contribution >= 4 is 5.82 Å². The van der Waals surface area contributed by atoms with E-state index in [0.717, 1.165) is 11.5 Å². The van der Waals surface area contributed by atoms with Gasteiger partial charge in [-0.3, -0.25) is 0 Å². The molecule has 1 aromatic heterocycles. The van der Waals surface area contributed by atoms with Gasteiger partial charge in [0.05, 0.1) is 0 Å². The minimum absolute atomic E-state index is 0.208. The average molecular weight is 247 g/mol. The van der Waals surface area contributed by atoms with E-state index >= 15 is 0 Å². The van der Waals surface area contributed by atoms with E-state index in [0.29, 0.717) is 11.6 Å². The summed E-state index contributed by atoms with van der Waals surface area (Å²) in [6.07, 6.45) is 0. The lowest BCUT2D eigenvalue weighted by Gasteiger charge is -2.07. The lowest BCUT2D eigenvalue weighted by atomic mass is 10.3. The molecule has 0 aliphatic heterocycles. The van der Waals surface area contributed by atoms with E-state index < -0.39 is 0 Å². The number of hydrogen-bond donors (Lipinski definition) is 1. The van der Waals surface area contributed by atoms with Gasteiger partial charge in [-0.1, -0.05) is 6.07 Å². The maximum Gasteiger partial charge on any atom is 0.168 e. The maximum atomic E-state index is 13.0. The predicted molar refractivity (Wildman–Crippen MR) is 67.0 cm³/mol. The fourth-order valence-electron chi connectivity index (χ4n) is 1.53. The molecule has 4 nitrogen and oxygen atoms in total. The molecule has 18 heavy (non-hydrogen) atoms. The lowest BCUT2D eigenvalue weighted by molar-refractivity contribution is 0.294. The van der Waals surface area contributed by atoms with Crippen molar-refractivity contribution in [1.82, 2.24) is 9.97 Å². The van der Waals surface area contributed by atoms with Crippen molar-refractivity contribution < 1.29 is 9.13 Å². The first-order valence-electron chi connectivity index (χ1n) is 5.58. The second kappa shape index (κ2) is 5.44. The van der Waals surface area contributed by atoms with Gasteiger partial charge in [-0.05, 0) is 19.1 Å². The Hall–Kier alpha value is -2.17. The van der Waals surface area contributed by atoms with Crippen molar-refractivity contribution in [3.63, 3.8) is 0 Å². The van der Waals surface area contributed by atoms with Gasteiger partial charge in [0.2, 0.25) is 0 Å². The molecule has 0 atom stereocenters. The largest absolute Gasteiger partial charge is 0.486 e. The Bertz CT molecular complexity index is 546. The first-order chi connectivity index (χ1) is 8.67. The average Bonchev–Trinajstić information content (AvgIpc) is 2.36. The van der Waals surface area contributed by atoms with Crippen molar-refractivity contribution in [1.29, 1.82) is 0 Å². The van der Waals surface area contributed by atoms with Crippen LogP contribution in [0, 0.1) is 12.7 Å². The second-order valence-corrected chi connectivity index (χ2v) is 3.81. The number of ether oxygens (including phenoxy) is 1. The number of anilines is 1. The van der Waals surface area contributed by atoms with Crippen molar-refractivity contribution in [3.05, 3.63) is 47.7 Å². The van der Waals surface area contributed by atoms with Crippen LogP contribution in [-0.4, -0.2) is 17.0 Å². The molecule has 1 aromatic carbocycles. The van der Waals surface area contributed by atoms with Crippen LogP contribution in [0.1, 0.15) is 11.5 Å². The van der Waals surface area contributed by atoms with Crippen LogP contribution in [0.3, 0.4) is 0 Å². The minimum Gasteiger partial charge on any atom is -0.486 e. The van der Waals surface area contributed by atoms with E-state index in [1.807, 2.05) is 13.0 Å². The first kappa shape index (κ1) is 12.3. The Morgan fingerprint density at radius 1 is 1.28 bits per heavy atom. The SMILES string of the molecule is CNc1cc(C)nc(COc2cccc(F)c2)n1. The van der Waals surface area contributed by atoms with Crippen molar-refractivity contribution in [2.75, 3.05) is 12.4 Å². The number of aryl methyl sites for hydroxylation is 1. The smallest absolute Gasteiger partial charge is 0.168 e. The molecule has 94 valence electrons. The third-order valence-corrected chi connectivity index (χ3v) is 2.32. The molecular weight excluding hydrogens is 233 g/mol. The molecule has 0 aliphatic carbocycles. The van der Waals surface area contributed by atoms with Gasteiger partial charge in [-0.2, -0.15) is 0 Å². The van der Waals surface area contributed by atoms with Gasteiger partial charge in [-0.15, -0.1) is 0 Å². The number of hydrogen-bond acceptors (Lipinski definition) is 4. The third kappa shape index (κ3) is 3.16. The van der Waals surface area contributed by atoms with Gasteiger partial charge in [0.15, 0.2) is 5.82 Å². The fourth-order valence-corrected chi connectivity index (χ4v) is 1.53. The van der Waals surface area contributed by atoms with Crippen LogP contribution in [0.4, 0.5) is 10.2 Å². The lowest BCUT2D eigenvalue weighted by Crippen LogP contribution is -2.05. The summed E-state index contributed by atoms with van der Waals surface area (Å²) in [5, 5.41) is 2.95. The monoisotopic (exact) mass is 247 g/mol. The molecule has 1 N–H and O–H groups in total. The van der Waals surface area contributed by atoms with Crippen LogP contribution in [0.2, 0.25) is 0 Å². The van der Waals surface area contributed by atoms with Crippen molar-refractivity contribution in [2.45, 2.75) is 13.5 Å². The predicted octanol–water partition coefficient (Wildman–Crippen LogP) is 2.54. The summed E-state index contributed by atoms with van der Waals surface area (Å²) in [4.78, 5) is 8.50. The van der Waals surface area contributed by atoms with E-state index in [-0.39, 0.29) is 12.4 Å². The Morgan fingerprint density at radius 2 is 2.11 bits per heavy atom. The van der Waals surface area contributed by atoms with Crippen LogP contribution >= 0.6 is 0 Å². The molecule has 0 bridgehead atoms. The summed E-state index contributed by atoms with van der Waals surface area (Å²) in [6, 6.07) is 7.83. The van der Waals surface area contributed by atoms with Gasteiger partial charge in [0.25, 0.3) is 0 Å². The van der Waals surface area contributed by atoms with Crippen molar-refractivity contribution in [2.24, 2.45) is 0 Å². The quantitative estimate of drug-likeness (QED) is 0.902. The molecule has 1 heterocycles. The van der Waals surface area contributed by atoms with E-state index in [4.69, 9.17) is 4.74 Å². The highest BCUT2D eigenvalue weighted by Crippen LogP contribution is 2.14. The molecule has 0 fully saturated rings. The number of rotatable bonds is 4. The molecule has 0 unspecified atom stereocenters. The Kier molecular flexibility index (Phi) is 3.72. The number of nitrogens with zero attached hydrogens (tertiary/aromatic N) is 2. The zero-order chi connectivity index (χ0) is 13.0. The van der Waals surface area contributed by atoms with E-state index in [9.17, 15) is 4.39 Å². The topological polar surface area (TPSA) is 47.0 Å². The molecule has 0 saturated heterocycles. The second-order valence-electron chi connectivity index (χ2n) is 3.81. The Morgan fingerprint density at radius 3 is 2.83 bits per heavy atom. The molecule has 5 heteroatoms. The summed E-state index contributed by atoms with van der Waals surface area (Å²) >= 11 is 0. The molecule has 2 aromatic rings. The minimum atomic E-state index is -0.325. The highest BCUT2D eigenvalue weighted by Gasteiger charge is 2.03.